The standard InChI is InChI=1S/C19H25ClFN5/c1-18(2,3)17-24-15(19(11-21)8-9-19)14(22)16(25-17)26(23)10-12-6-4-5-7-13(12)20/h4-7H,8-11,22-23H2,1-3H3. The van der Waals surface area contributed by atoms with Crippen molar-refractivity contribution in [2.75, 3.05) is 17.4 Å². The molecule has 26 heavy (non-hydrogen) atoms. The van der Waals surface area contributed by atoms with Gasteiger partial charge < -0.3 is 5.73 Å². The second-order valence-electron chi connectivity index (χ2n) is 8.02. The molecule has 0 aliphatic heterocycles. The van der Waals surface area contributed by atoms with Gasteiger partial charge in [0, 0.05) is 15.9 Å². The molecule has 140 valence electrons. The van der Waals surface area contributed by atoms with Crippen LogP contribution in [0, 0.1) is 0 Å². The first kappa shape index (κ1) is 18.9. The van der Waals surface area contributed by atoms with Gasteiger partial charge >= 0.3 is 0 Å². The molecule has 2 aromatic rings. The molecular formula is C19H25ClFN5. The van der Waals surface area contributed by atoms with E-state index >= 15 is 0 Å². The zero-order chi connectivity index (χ0) is 19.1. The van der Waals surface area contributed by atoms with E-state index in [9.17, 15) is 4.39 Å². The summed E-state index contributed by atoms with van der Waals surface area (Å²) in [6.45, 7) is 5.89. The lowest BCUT2D eigenvalue weighted by Gasteiger charge is -2.26. The first-order valence-electron chi connectivity index (χ1n) is 8.68. The van der Waals surface area contributed by atoms with E-state index < -0.39 is 12.1 Å². The van der Waals surface area contributed by atoms with E-state index in [4.69, 9.17) is 23.2 Å². The Hall–Kier alpha value is -1.92. The van der Waals surface area contributed by atoms with Crippen molar-refractivity contribution < 1.29 is 4.39 Å². The zero-order valence-electron chi connectivity index (χ0n) is 15.4. The molecule has 1 aromatic carbocycles. The van der Waals surface area contributed by atoms with Gasteiger partial charge in [0.25, 0.3) is 0 Å². The lowest BCUT2D eigenvalue weighted by molar-refractivity contribution is 0.409. The van der Waals surface area contributed by atoms with Gasteiger partial charge in [0.05, 0.1) is 17.9 Å². The molecule has 3 rings (SSSR count). The van der Waals surface area contributed by atoms with E-state index in [1.165, 1.54) is 5.01 Å². The van der Waals surface area contributed by atoms with Crippen LogP contribution in [0.5, 0.6) is 0 Å². The van der Waals surface area contributed by atoms with Crippen molar-refractivity contribution in [3.63, 3.8) is 0 Å². The molecule has 4 N–H and O–H groups in total. The highest BCUT2D eigenvalue weighted by atomic mass is 35.5. The number of nitrogens with two attached hydrogens (primary N) is 2. The molecule has 0 radical (unpaired) electrons. The maximum atomic E-state index is 13.7. The van der Waals surface area contributed by atoms with E-state index in [-0.39, 0.29) is 5.41 Å². The lowest BCUT2D eigenvalue weighted by atomic mass is 9.94. The number of hydrogen-bond donors (Lipinski definition) is 2. The van der Waals surface area contributed by atoms with Gasteiger partial charge in [0.15, 0.2) is 5.82 Å². The van der Waals surface area contributed by atoms with E-state index in [0.717, 1.165) is 18.4 Å². The summed E-state index contributed by atoms with van der Waals surface area (Å²) in [4.78, 5) is 9.24. The molecule has 0 atom stereocenters. The van der Waals surface area contributed by atoms with Crippen molar-refractivity contribution in [2.24, 2.45) is 5.84 Å². The van der Waals surface area contributed by atoms with Crippen molar-refractivity contribution in [1.29, 1.82) is 0 Å². The number of aromatic nitrogens is 2. The van der Waals surface area contributed by atoms with Crippen LogP contribution in [0.25, 0.3) is 0 Å². The fourth-order valence-corrected chi connectivity index (χ4v) is 3.08. The van der Waals surface area contributed by atoms with Gasteiger partial charge in [0.1, 0.15) is 12.5 Å². The van der Waals surface area contributed by atoms with Crippen LogP contribution >= 0.6 is 11.6 Å². The number of hydrazine groups is 1. The number of anilines is 2. The van der Waals surface area contributed by atoms with Crippen LogP contribution in [-0.4, -0.2) is 16.6 Å². The smallest absolute Gasteiger partial charge is 0.170 e. The van der Waals surface area contributed by atoms with E-state index in [2.05, 4.69) is 9.97 Å². The highest BCUT2D eigenvalue weighted by molar-refractivity contribution is 6.31. The third-order valence-electron chi connectivity index (χ3n) is 4.78. The number of halogens is 2. The van der Waals surface area contributed by atoms with Gasteiger partial charge in [-0.25, -0.2) is 15.8 Å². The number of rotatable bonds is 5. The largest absolute Gasteiger partial charge is 0.394 e. The number of hydrogen-bond acceptors (Lipinski definition) is 5. The third-order valence-corrected chi connectivity index (χ3v) is 5.15. The quantitative estimate of drug-likeness (QED) is 0.610. The molecule has 0 unspecified atom stereocenters. The Kier molecular flexibility index (Phi) is 4.84. The maximum Gasteiger partial charge on any atom is 0.170 e. The molecular weight excluding hydrogens is 353 g/mol. The van der Waals surface area contributed by atoms with E-state index in [1.54, 1.807) is 0 Å². The van der Waals surface area contributed by atoms with Crippen LogP contribution in [-0.2, 0) is 17.4 Å². The highest BCUT2D eigenvalue weighted by Crippen LogP contribution is 2.51. The molecule has 0 bridgehead atoms. The molecule has 1 aliphatic rings. The zero-order valence-corrected chi connectivity index (χ0v) is 16.1. The number of alkyl halides is 1. The fraction of sp³-hybridized carbons (Fsp3) is 0.474. The summed E-state index contributed by atoms with van der Waals surface area (Å²) in [6.07, 6.45) is 1.48. The molecule has 0 saturated heterocycles. The van der Waals surface area contributed by atoms with Gasteiger partial charge in [-0.15, -0.1) is 0 Å². The predicted molar refractivity (Wildman–Crippen MR) is 104 cm³/mol. The number of nitrogen functional groups attached to an aromatic ring is 1. The minimum Gasteiger partial charge on any atom is -0.394 e. The van der Waals surface area contributed by atoms with Crippen molar-refractivity contribution in [3.8, 4) is 0 Å². The Balaban J connectivity index is 2.05. The third kappa shape index (κ3) is 3.48. The molecule has 1 aromatic heterocycles. The summed E-state index contributed by atoms with van der Waals surface area (Å²) >= 11 is 6.24. The first-order chi connectivity index (χ1) is 12.2. The Labute approximate surface area is 158 Å². The molecule has 5 nitrogen and oxygen atoms in total. The monoisotopic (exact) mass is 377 g/mol. The van der Waals surface area contributed by atoms with Gasteiger partial charge in [-0.1, -0.05) is 50.6 Å². The molecule has 0 amide bonds. The van der Waals surface area contributed by atoms with Gasteiger partial charge in [-0.3, -0.25) is 9.40 Å². The van der Waals surface area contributed by atoms with Crippen LogP contribution in [0.3, 0.4) is 0 Å². The second kappa shape index (κ2) is 6.67. The highest BCUT2D eigenvalue weighted by Gasteiger charge is 2.48. The molecule has 7 heteroatoms. The van der Waals surface area contributed by atoms with Crippen LogP contribution in [0.2, 0.25) is 5.02 Å². The van der Waals surface area contributed by atoms with Crippen LogP contribution < -0.4 is 16.6 Å². The maximum absolute atomic E-state index is 13.7. The van der Waals surface area contributed by atoms with Crippen molar-refractivity contribution in [3.05, 3.63) is 46.4 Å². The van der Waals surface area contributed by atoms with Crippen molar-refractivity contribution in [2.45, 2.75) is 51.0 Å². The average Bonchev–Trinajstić information content (AvgIpc) is 3.37. The van der Waals surface area contributed by atoms with Crippen LogP contribution in [0.1, 0.15) is 50.7 Å². The van der Waals surface area contributed by atoms with E-state index in [1.807, 2.05) is 45.0 Å². The minimum atomic E-state index is -0.590. The van der Waals surface area contributed by atoms with Crippen molar-refractivity contribution >= 4 is 23.1 Å². The first-order valence-corrected chi connectivity index (χ1v) is 9.06. The SMILES string of the molecule is CC(C)(C)c1nc(N(N)Cc2ccccc2Cl)c(N)c(C2(CF)CC2)n1. The molecule has 1 heterocycles. The molecule has 1 fully saturated rings. The average molecular weight is 378 g/mol. The Morgan fingerprint density at radius 3 is 2.42 bits per heavy atom. The minimum absolute atomic E-state index is 0.311. The van der Waals surface area contributed by atoms with Gasteiger partial charge in [-0.2, -0.15) is 0 Å². The van der Waals surface area contributed by atoms with Crippen molar-refractivity contribution in [1.82, 2.24) is 9.97 Å². The Bertz CT molecular complexity index is 814. The predicted octanol–water partition coefficient (Wildman–Crippen LogP) is 3.89. The summed E-state index contributed by atoms with van der Waals surface area (Å²) in [6, 6.07) is 7.46. The van der Waals surface area contributed by atoms with Gasteiger partial charge in [-0.05, 0) is 24.5 Å². The Morgan fingerprint density at radius 1 is 1.23 bits per heavy atom. The summed E-state index contributed by atoms with van der Waals surface area (Å²) in [5.74, 6) is 7.31. The topological polar surface area (TPSA) is 81.1 Å². The molecule has 1 aliphatic carbocycles. The molecule has 0 spiro atoms. The van der Waals surface area contributed by atoms with Crippen LogP contribution in [0.4, 0.5) is 15.9 Å². The summed E-state index contributed by atoms with van der Waals surface area (Å²) < 4.78 is 13.7. The summed E-state index contributed by atoms with van der Waals surface area (Å²) in [7, 11) is 0. The summed E-state index contributed by atoms with van der Waals surface area (Å²) in [5, 5.41) is 2.08. The molecule has 1 saturated carbocycles. The fourth-order valence-electron chi connectivity index (χ4n) is 2.89. The van der Waals surface area contributed by atoms with Crippen LogP contribution in [0.15, 0.2) is 24.3 Å². The number of nitrogens with zero attached hydrogens (tertiary/aromatic N) is 3. The summed E-state index contributed by atoms with van der Waals surface area (Å²) in [5.41, 5.74) is 7.23. The number of benzene rings is 1. The van der Waals surface area contributed by atoms with E-state index in [0.29, 0.717) is 34.6 Å². The Morgan fingerprint density at radius 2 is 1.88 bits per heavy atom. The van der Waals surface area contributed by atoms with Gasteiger partial charge in [0.2, 0.25) is 0 Å². The lowest BCUT2D eigenvalue weighted by Crippen LogP contribution is -2.34. The second-order valence-corrected chi connectivity index (χ2v) is 8.42. The normalized spacial score (nSPS) is 15.8.